The molecule has 0 bridgehead atoms. The molecule has 0 aromatic heterocycles. The molecule has 0 unspecified atom stereocenters. The molecule has 0 heterocycles. The summed E-state index contributed by atoms with van der Waals surface area (Å²) >= 11 is 0. The van der Waals surface area contributed by atoms with Gasteiger partial charge in [-0.15, -0.1) is 0 Å². The average molecular weight is 251 g/mol. The fourth-order valence-electron chi connectivity index (χ4n) is 1.81. The fraction of sp³-hybridized carbons (Fsp3) is 0.500. The molecular formula is C14H21NO3. The lowest BCUT2D eigenvalue weighted by molar-refractivity contribution is 0.0742. The summed E-state index contributed by atoms with van der Waals surface area (Å²) in [4.78, 5) is 13.8. The molecule has 0 aliphatic heterocycles. The highest BCUT2D eigenvalue weighted by molar-refractivity contribution is 5.96. The van der Waals surface area contributed by atoms with Gasteiger partial charge in [0.2, 0.25) is 0 Å². The number of hydrogen-bond acceptors (Lipinski definition) is 3. The minimum Gasteiger partial charge on any atom is -0.507 e. The third-order valence-electron chi connectivity index (χ3n) is 2.49. The van der Waals surface area contributed by atoms with Gasteiger partial charge < -0.3 is 14.7 Å². The van der Waals surface area contributed by atoms with E-state index in [0.29, 0.717) is 17.9 Å². The number of phenolic OH excluding ortho intramolecular Hbond substituents is 1. The topological polar surface area (TPSA) is 49.8 Å². The summed E-state index contributed by atoms with van der Waals surface area (Å²) in [5.74, 6) is 0.285. The smallest absolute Gasteiger partial charge is 0.257 e. The normalized spacial score (nSPS) is 11.2. The van der Waals surface area contributed by atoms with Crippen molar-refractivity contribution in [3.63, 3.8) is 0 Å². The molecule has 1 aromatic rings. The predicted molar refractivity (Wildman–Crippen MR) is 71.1 cm³/mol. The summed E-state index contributed by atoms with van der Waals surface area (Å²) in [6.45, 7) is 6.80. The first-order valence-corrected chi connectivity index (χ1v) is 5.87. The van der Waals surface area contributed by atoms with Crippen molar-refractivity contribution in [1.82, 2.24) is 4.90 Å². The highest BCUT2D eigenvalue weighted by atomic mass is 16.5. The Morgan fingerprint density at radius 2 is 2.00 bits per heavy atom. The van der Waals surface area contributed by atoms with E-state index in [2.05, 4.69) is 20.8 Å². The molecule has 0 radical (unpaired) electrons. The van der Waals surface area contributed by atoms with E-state index in [0.717, 1.165) is 0 Å². The Labute approximate surface area is 108 Å². The van der Waals surface area contributed by atoms with Crippen molar-refractivity contribution in [1.29, 1.82) is 0 Å². The summed E-state index contributed by atoms with van der Waals surface area (Å²) in [5.41, 5.74) is 0.314. The zero-order chi connectivity index (χ0) is 13.9. The second-order valence-corrected chi connectivity index (χ2v) is 5.60. The monoisotopic (exact) mass is 251 g/mol. The van der Waals surface area contributed by atoms with Crippen LogP contribution in [0.5, 0.6) is 11.5 Å². The second kappa shape index (κ2) is 5.29. The number of carbonyl (C=O) groups is 1. The number of phenols is 1. The van der Waals surface area contributed by atoms with Gasteiger partial charge >= 0.3 is 0 Å². The minimum absolute atomic E-state index is 0.0203. The van der Waals surface area contributed by atoms with Crippen LogP contribution in [0.15, 0.2) is 18.2 Å². The van der Waals surface area contributed by atoms with Crippen LogP contribution in [-0.2, 0) is 0 Å². The first-order chi connectivity index (χ1) is 8.24. The van der Waals surface area contributed by atoms with Gasteiger partial charge in [0.25, 0.3) is 5.91 Å². The van der Waals surface area contributed by atoms with Crippen LogP contribution in [-0.4, -0.2) is 36.6 Å². The number of aromatic hydroxyl groups is 1. The van der Waals surface area contributed by atoms with Crippen molar-refractivity contribution < 1.29 is 14.6 Å². The van der Waals surface area contributed by atoms with Gasteiger partial charge in [0.05, 0.1) is 12.7 Å². The lowest BCUT2D eigenvalue weighted by Crippen LogP contribution is -2.34. The molecule has 0 fully saturated rings. The van der Waals surface area contributed by atoms with E-state index >= 15 is 0 Å². The predicted octanol–water partition coefficient (Wildman–Crippen LogP) is 2.52. The van der Waals surface area contributed by atoms with Gasteiger partial charge in [-0.25, -0.2) is 0 Å². The highest BCUT2D eigenvalue weighted by Crippen LogP contribution is 2.25. The molecule has 0 aliphatic carbocycles. The van der Waals surface area contributed by atoms with Crippen molar-refractivity contribution >= 4 is 5.91 Å². The quantitative estimate of drug-likeness (QED) is 0.898. The summed E-state index contributed by atoms with van der Waals surface area (Å²) in [6.07, 6.45) is 0. The Hall–Kier alpha value is -1.71. The lowest BCUT2D eigenvalue weighted by atomic mass is 9.96. The van der Waals surface area contributed by atoms with Crippen LogP contribution in [0.25, 0.3) is 0 Å². The summed E-state index contributed by atoms with van der Waals surface area (Å²) in [6, 6.07) is 4.69. The minimum atomic E-state index is -0.190. The molecule has 1 amide bonds. The molecule has 4 nitrogen and oxygen atoms in total. The van der Waals surface area contributed by atoms with E-state index in [1.165, 1.54) is 13.2 Å². The van der Waals surface area contributed by atoms with Crippen LogP contribution in [0.1, 0.15) is 31.1 Å². The van der Waals surface area contributed by atoms with E-state index < -0.39 is 0 Å². The number of rotatable bonds is 3. The van der Waals surface area contributed by atoms with Gasteiger partial charge in [-0.1, -0.05) is 20.8 Å². The number of carbonyl (C=O) groups excluding carboxylic acids is 1. The Morgan fingerprint density at radius 1 is 1.39 bits per heavy atom. The molecule has 1 aromatic carbocycles. The van der Waals surface area contributed by atoms with Crippen LogP contribution in [0.3, 0.4) is 0 Å². The summed E-state index contributed by atoms with van der Waals surface area (Å²) < 4.78 is 4.99. The van der Waals surface area contributed by atoms with E-state index in [1.54, 1.807) is 24.1 Å². The van der Waals surface area contributed by atoms with Crippen LogP contribution >= 0.6 is 0 Å². The SMILES string of the molecule is COc1ccc(C(=O)N(C)CC(C)(C)C)c(O)c1. The van der Waals surface area contributed by atoms with Gasteiger partial charge in [-0.2, -0.15) is 0 Å². The third kappa shape index (κ3) is 3.65. The number of hydrogen-bond donors (Lipinski definition) is 1. The molecule has 4 heteroatoms. The maximum atomic E-state index is 12.2. The molecule has 18 heavy (non-hydrogen) atoms. The van der Waals surface area contributed by atoms with Gasteiger partial charge in [-0.05, 0) is 17.5 Å². The van der Waals surface area contributed by atoms with E-state index in [9.17, 15) is 9.90 Å². The largest absolute Gasteiger partial charge is 0.507 e. The Balaban J connectivity index is 2.90. The van der Waals surface area contributed by atoms with Crippen molar-refractivity contribution in [2.24, 2.45) is 5.41 Å². The van der Waals surface area contributed by atoms with Crippen LogP contribution in [0.2, 0.25) is 0 Å². The highest BCUT2D eigenvalue weighted by Gasteiger charge is 2.21. The van der Waals surface area contributed by atoms with Crippen LogP contribution in [0.4, 0.5) is 0 Å². The van der Waals surface area contributed by atoms with Gasteiger partial charge in [0, 0.05) is 19.7 Å². The van der Waals surface area contributed by atoms with Gasteiger partial charge in [0.1, 0.15) is 11.5 Å². The first-order valence-electron chi connectivity index (χ1n) is 5.87. The Bertz CT molecular complexity index is 435. The number of benzene rings is 1. The fourth-order valence-corrected chi connectivity index (χ4v) is 1.81. The average Bonchev–Trinajstić information content (AvgIpc) is 2.25. The third-order valence-corrected chi connectivity index (χ3v) is 2.49. The van der Waals surface area contributed by atoms with Crippen LogP contribution in [0, 0.1) is 5.41 Å². The lowest BCUT2D eigenvalue weighted by Gasteiger charge is -2.26. The number of nitrogens with zero attached hydrogens (tertiary/aromatic N) is 1. The number of methoxy groups -OCH3 is 1. The molecule has 1 N–H and O–H groups in total. The van der Waals surface area contributed by atoms with Gasteiger partial charge in [-0.3, -0.25) is 4.79 Å². The van der Waals surface area contributed by atoms with Crippen molar-refractivity contribution in [2.45, 2.75) is 20.8 Å². The van der Waals surface area contributed by atoms with E-state index in [1.807, 2.05) is 0 Å². The molecule has 0 saturated heterocycles. The zero-order valence-corrected chi connectivity index (χ0v) is 11.7. The van der Waals surface area contributed by atoms with Crippen LogP contribution < -0.4 is 4.74 Å². The van der Waals surface area contributed by atoms with Crippen molar-refractivity contribution in [3.05, 3.63) is 23.8 Å². The number of ether oxygens (including phenoxy) is 1. The van der Waals surface area contributed by atoms with Gasteiger partial charge in [0.15, 0.2) is 0 Å². The zero-order valence-electron chi connectivity index (χ0n) is 11.7. The standard InChI is InChI=1S/C14H21NO3/c1-14(2,3)9-15(4)13(17)11-7-6-10(18-5)8-12(11)16/h6-8,16H,9H2,1-5H3. The summed E-state index contributed by atoms with van der Waals surface area (Å²) in [5, 5.41) is 9.81. The Kier molecular flexibility index (Phi) is 4.22. The first kappa shape index (κ1) is 14.4. The Morgan fingerprint density at radius 3 is 2.44 bits per heavy atom. The maximum Gasteiger partial charge on any atom is 0.257 e. The van der Waals surface area contributed by atoms with Crippen molar-refractivity contribution in [3.8, 4) is 11.5 Å². The molecular weight excluding hydrogens is 230 g/mol. The molecule has 100 valence electrons. The second-order valence-electron chi connectivity index (χ2n) is 5.60. The maximum absolute atomic E-state index is 12.2. The molecule has 1 rings (SSSR count). The molecule has 0 aliphatic rings. The van der Waals surface area contributed by atoms with Crippen molar-refractivity contribution in [2.75, 3.05) is 20.7 Å². The summed E-state index contributed by atoms with van der Waals surface area (Å²) in [7, 11) is 3.25. The molecule has 0 spiro atoms. The van der Waals surface area contributed by atoms with E-state index in [4.69, 9.17) is 4.74 Å². The number of amides is 1. The molecule has 0 atom stereocenters. The van der Waals surface area contributed by atoms with E-state index in [-0.39, 0.29) is 17.1 Å². The molecule has 0 saturated carbocycles.